The summed E-state index contributed by atoms with van der Waals surface area (Å²) < 4.78 is 0. The molecule has 82 valence electrons. The first-order valence-electron chi connectivity index (χ1n) is 6.48. The third kappa shape index (κ3) is 1.42. The molecule has 5 atom stereocenters. The van der Waals surface area contributed by atoms with Crippen LogP contribution in [0.4, 0.5) is 0 Å². The van der Waals surface area contributed by atoms with Crippen LogP contribution in [-0.2, 0) is 0 Å². The van der Waals surface area contributed by atoms with Crippen LogP contribution in [0.5, 0.6) is 0 Å². The molecule has 3 saturated carbocycles. The highest BCUT2D eigenvalue weighted by molar-refractivity contribution is 5.15. The highest BCUT2D eigenvalue weighted by atomic mass is 14.8. The second-order valence-electron chi connectivity index (χ2n) is 5.69. The Morgan fingerprint density at radius 2 is 1.93 bits per heavy atom. The van der Waals surface area contributed by atoms with E-state index in [1.807, 2.05) is 6.92 Å². The average molecular weight is 203 g/mol. The Bertz CT molecular complexity index is 295. The molecule has 0 aromatic rings. The van der Waals surface area contributed by atoms with Gasteiger partial charge in [0.2, 0.25) is 0 Å². The standard InChI is InChI=1S/C14H21N/c1-2-3-4-5-11(15)14-12-9-6-7-10(8-9)13(12)14/h9-14H,4-8,15H2,1H3. The fraction of sp³-hybridized carbons (Fsp3) is 0.857. The fourth-order valence-electron chi connectivity index (χ4n) is 4.52. The first-order valence-corrected chi connectivity index (χ1v) is 6.48. The van der Waals surface area contributed by atoms with Gasteiger partial charge < -0.3 is 5.73 Å². The molecule has 0 amide bonds. The lowest BCUT2D eigenvalue weighted by molar-refractivity contribution is 0.401. The van der Waals surface area contributed by atoms with Crippen LogP contribution in [0, 0.1) is 41.4 Å². The van der Waals surface area contributed by atoms with Gasteiger partial charge in [-0.2, -0.15) is 0 Å². The van der Waals surface area contributed by atoms with Crippen LogP contribution in [0.3, 0.4) is 0 Å². The van der Waals surface area contributed by atoms with Crippen molar-refractivity contribution in [3.05, 3.63) is 0 Å². The summed E-state index contributed by atoms with van der Waals surface area (Å²) in [7, 11) is 0. The lowest BCUT2D eigenvalue weighted by Gasteiger charge is -2.14. The molecular formula is C14H21N. The highest BCUT2D eigenvalue weighted by Crippen LogP contribution is 2.70. The maximum absolute atomic E-state index is 6.29. The minimum Gasteiger partial charge on any atom is -0.327 e. The van der Waals surface area contributed by atoms with E-state index in [0.29, 0.717) is 6.04 Å². The second kappa shape index (κ2) is 3.52. The first-order chi connectivity index (χ1) is 7.33. The molecule has 3 aliphatic carbocycles. The van der Waals surface area contributed by atoms with Gasteiger partial charge in [-0.25, -0.2) is 0 Å². The van der Waals surface area contributed by atoms with Gasteiger partial charge in [-0.15, -0.1) is 11.8 Å². The van der Waals surface area contributed by atoms with Crippen LogP contribution in [0.25, 0.3) is 0 Å². The van der Waals surface area contributed by atoms with Gasteiger partial charge in [-0.3, -0.25) is 0 Å². The van der Waals surface area contributed by atoms with Crippen LogP contribution in [-0.4, -0.2) is 6.04 Å². The summed E-state index contributed by atoms with van der Waals surface area (Å²) in [6.07, 6.45) is 6.67. The van der Waals surface area contributed by atoms with Crippen molar-refractivity contribution < 1.29 is 0 Å². The number of hydrogen-bond donors (Lipinski definition) is 1. The van der Waals surface area contributed by atoms with Crippen LogP contribution in [0.1, 0.15) is 39.0 Å². The molecule has 2 bridgehead atoms. The molecule has 3 aliphatic rings. The van der Waals surface area contributed by atoms with Gasteiger partial charge in [0.05, 0.1) is 0 Å². The molecule has 3 fully saturated rings. The van der Waals surface area contributed by atoms with Gasteiger partial charge in [-0.05, 0) is 62.2 Å². The Hall–Kier alpha value is -0.480. The quantitative estimate of drug-likeness (QED) is 0.700. The van der Waals surface area contributed by atoms with Gasteiger partial charge in [0.1, 0.15) is 0 Å². The van der Waals surface area contributed by atoms with Gasteiger partial charge in [-0.1, -0.05) is 0 Å². The van der Waals surface area contributed by atoms with Gasteiger partial charge in [0.15, 0.2) is 0 Å². The predicted octanol–water partition coefficient (Wildman–Crippen LogP) is 2.41. The van der Waals surface area contributed by atoms with Crippen molar-refractivity contribution in [1.29, 1.82) is 0 Å². The number of fused-ring (bicyclic) bond motifs is 5. The third-order valence-corrected chi connectivity index (χ3v) is 5.07. The monoisotopic (exact) mass is 203 g/mol. The van der Waals surface area contributed by atoms with E-state index in [9.17, 15) is 0 Å². The molecule has 5 unspecified atom stereocenters. The van der Waals surface area contributed by atoms with E-state index >= 15 is 0 Å². The zero-order valence-corrected chi connectivity index (χ0v) is 9.58. The van der Waals surface area contributed by atoms with Crippen molar-refractivity contribution in [2.75, 3.05) is 0 Å². The summed E-state index contributed by atoms with van der Waals surface area (Å²) in [6.45, 7) is 1.91. The van der Waals surface area contributed by atoms with Crippen LogP contribution < -0.4 is 5.73 Å². The minimum atomic E-state index is 0.448. The van der Waals surface area contributed by atoms with E-state index < -0.39 is 0 Å². The molecule has 15 heavy (non-hydrogen) atoms. The van der Waals surface area contributed by atoms with E-state index in [-0.39, 0.29) is 0 Å². The lowest BCUT2D eigenvalue weighted by atomic mass is 9.95. The number of rotatable bonds is 3. The first kappa shape index (κ1) is 9.73. The molecule has 0 spiro atoms. The second-order valence-corrected chi connectivity index (χ2v) is 5.69. The number of hydrogen-bond acceptors (Lipinski definition) is 1. The maximum atomic E-state index is 6.29. The highest BCUT2D eigenvalue weighted by Gasteiger charge is 2.65. The summed E-state index contributed by atoms with van der Waals surface area (Å²) in [6, 6.07) is 0.448. The topological polar surface area (TPSA) is 26.0 Å². The van der Waals surface area contributed by atoms with Crippen molar-refractivity contribution in [1.82, 2.24) is 0 Å². The molecule has 0 aromatic carbocycles. The summed E-state index contributed by atoms with van der Waals surface area (Å²) in [5.41, 5.74) is 6.29. The van der Waals surface area contributed by atoms with E-state index in [4.69, 9.17) is 5.73 Å². The average Bonchev–Trinajstić information content (AvgIpc) is 2.68. The summed E-state index contributed by atoms with van der Waals surface area (Å²) in [5, 5.41) is 0. The van der Waals surface area contributed by atoms with E-state index in [1.54, 1.807) is 0 Å². The molecule has 3 rings (SSSR count). The Kier molecular flexibility index (Phi) is 2.29. The zero-order valence-electron chi connectivity index (χ0n) is 9.58. The molecule has 0 aromatic heterocycles. The molecule has 0 radical (unpaired) electrons. The van der Waals surface area contributed by atoms with Crippen LogP contribution in [0.2, 0.25) is 0 Å². The summed E-state index contributed by atoms with van der Waals surface area (Å²) in [4.78, 5) is 0. The minimum absolute atomic E-state index is 0.448. The molecular weight excluding hydrogens is 182 g/mol. The Labute approximate surface area is 92.8 Å². The summed E-state index contributed by atoms with van der Waals surface area (Å²) in [5.74, 6) is 11.2. The maximum Gasteiger partial charge on any atom is 0.0103 e. The zero-order chi connectivity index (χ0) is 10.4. The van der Waals surface area contributed by atoms with Crippen molar-refractivity contribution >= 4 is 0 Å². The fourth-order valence-corrected chi connectivity index (χ4v) is 4.52. The largest absolute Gasteiger partial charge is 0.327 e. The van der Waals surface area contributed by atoms with Crippen molar-refractivity contribution in [2.45, 2.75) is 45.1 Å². The van der Waals surface area contributed by atoms with Gasteiger partial charge in [0.25, 0.3) is 0 Å². The molecule has 0 heterocycles. The Morgan fingerprint density at radius 3 is 2.53 bits per heavy atom. The van der Waals surface area contributed by atoms with Crippen molar-refractivity contribution in [3.8, 4) is 11.8 Å². The summed E-state index contributed by atoms with van der Waals surface area (Å²) >= 11 is 0. The van der Waals surface area contributed by atoms with Crippen LogP contribution in [0.15, 0.2) is 0 Å². The van der Waals surface area contributed by atoms with Crippen molar-refractivity contribution in [2.24, 2.45) is 35.3 Å². The molecule has 0 saturated heterocycles. The Morgan fingerprint density at radius 1 is 1.27 bits per heavy atom. The third-order valence-electron chi connectivity index (χ3n) is 5.07. The molecule has 0 aliphatic heterocycles. The van der Waals surface area contributed by atoms with Gasteiger partial charge >= 0.3 is 0 Å². The van der Waals surface area contributed by atoms with Crippen molar-refractivity contribution in [3.63, 3.8) is 0 Å². The van der Waals surface area contributed by atoms with Crippen LogP contribution >= 0.6 is 0 Å². The molecule has 1 heteroatoms. The normalized spacial score (nSPS) is 46.9. The molecule has 1 nitrogen and oxygen atoms in total. The SMILES string of the molecule is CC#CCCC(N)C1C2C3CCC(C3)C12. The van der Waals surface area contributed by atoms with E-state index in [0.717, 1.165) is 42.4 Å². The van der Waals surface area contributed by atoms with E-state index in [2.05, 4.69) is 11.8 Å². The molecule has 2 N–H and O–H groups in total. The van der Waals surface area contributed by atoms with E-state index in [1.165, 1.54) is 19.3 Å². The Balaban J connectivity index is 1.55. The van der Waals surface area contributed by atoms with Gasteiger partial charge in [0, 0.05) is 12.5 Å². The lowest BCUT2D eigenvalue weighted by Crippen LogP contribution is -2.25. The number of nitrogens with two attached hydrogens (primary N) is 1. The predicted molar refractivity (Wildman–Crippen MR) is 62.0 cm³/mol. The smallest absolute Gasteiger partial charge is 0.0103 e.